The van der Waals surface area contributed by atoms with Crippen LogP contribution < -0.4 is 10.5 Å². The Morgan fingerprint density at radius 1 is 1.25 bits per heavy atom. The Bertz CT molecular complexity index is 546. The SMILES string of the molecule is CC(NCC1(C)CCCC1)c1ccc(S(N)(=O)=O)cc1. The van der Waals surface area contributed by atoms with Gasteiger partial charge in [0.25, 0.3) is 0 Å². The normalized spacial score (nSPS) is 19.9. The van der Waals surface area contributed by atoms with Crippen LogP contribution >= 0.6 is 0 Å². The van der Waals surface area contributed by atoms with Crippen LogP contribution in [0.4, 0.5) is 0 Å². The van der Waals surface area contributed by atoms with E-state index in [0.29, 0.717) is 5.41 Å². The van der Waals surface area contributed by atoms with E-state index in [2.05, 4.69) is 19.2 Å². The van der Waals surface area contributed by atoms with Crippen LogP contribution in [0.5, 0.6) is 0 Å². The van der Waals surface area contributed by atoms with Gasteiger partial charge in [-0.1, -0.05) is 31.9 Å². The molecule has 0 aromatic heterocycles. The molecule has 1 fully saturated rings. The summed E-state index contributed by atoms with van der Waals surface area (Å²) in [5.74, 6) is 0. The van der Waals surface area contributed by atoms with E-state index >= 15 is 0 Å². The Hall–Kier alpha value is -0.910. The minimum absolute atomic E-state index is 0.163. The van der Waals surface area contributed by atoms with Crippen LogP contribution in [0, 0.1) is 5.41 Å². The number of hydrogen-bond donors (Lipinski definition) is 2. The van der Waals surface area contributed by atoms with Crippen molar-refractivity contribution in [3.8, 4) is 0 Å². The summed E-state index contributed by atoms with van der Waals surface area (Å²) >= 11 is 0. The van der Waals surface area contributed by atoms with E-state index in [0.717, 1.165) is 12.1 Å². The predicted molar refractivity (Wildman–Crippen MR) is 80.8 cm³/mol. The smallest absolute Gasteiger partial charge is 0.238 e. The summed E-state index contributed by atoms with van der Waals surface area (Å²) in [6, 6.07) is 7.00. The van der Waals surface area contributed by atoms with Crippen molar-refractivity contribution in [2.75, 3.05) is 6.54 Å². The molecule has 0 spiro atoms. The number of nitrogens with two attached hydrogens (primary N) is 1. The molecule has 5 heteroatoms. The van der Waals surface area contributed by atoms with Gasteiger partial charge in [-0.25, -0.2) is 13.6 Å². The first-order valence-electron chi connectivity index (χ1n) is 7.16. The highest BCUT2D eigenvalue weighted by Crippen LogP contribution is 2.37. The van der Waals surface area contributed by atoms with E-state index in [1.54, 1.807) is 12.1 Å². The van der Waals surface area contributed by atoms with Crippen molar-refractivity contribution in [2.45, 2.75) is 50.5 Å². The molecule has 112 valence electrons. The molecule has 1 aromatic carbocycles. The zero-order valence-electron chi connectivity index (χ0n) is 12.2. The second-order valence-electron chi connectivity index (χ2n) is 6.23. The fourth-order valence-electron chi connectivity index (χ4n) is 2.87. The minimum Gasteiger partial charge on any atom is -0.310 e. The van der Waals surface area contributed by atoms with Crippen LogP contribution in [0.25, 0.3) is 0 Å². The average Bonchev–Trinajstić information content (AvgIpc) is 2.83. The summed E-state index contributed by atoms with van der Waals surface area (Å²) in [5, 5.41) is 8.66. The number of hydrogen-bond acceptors (Lipinski definition) is 3. The molecule has 0 heterocycles. The van der Waals surface area contributed by atoms with E-state index < -0.39 is 10.0 Å². The molecule has 0 aliphatic heterocycles. The van der Waals surface area contributed by atoms with Gasteiger partial charge in [0, 0.05) is 12.6 Å². The second kappa shape index (κ2) is 5.84. The number of rotatable bonds is 5. The Labute approximate surface area is 121 Å². The topological polar surface area (TPSA) is 72.2 Å². The lowest BCUT2D eigenvalue weighted by atomic mass is 9.88. The van der Waals surface area contributed by atoms with Gasteiger partial charge in [-0.05, 0) is 42.9 Å². The van der Waals surface area contributed by atoms with Gasteiger partial charge in [0.05, 0.1) is 4.90 Å². The van der Waals surface area contributed by atoms with Gasteiger partial charge in [0.1, 0.15) is 0 Å². The maximum Gasteiger partial charge on any atom is 0.238 e. The summed E-state index contributed by atoms with van der Waals surface area (Å²) in [6.07, 6.45) is 5.24. The zero-order chi connectivity index (χ0) is 14.8. The van der Waals surface area contributed by atoms with Crippen LogP contribution in [0.1, 0.15) is 51.1 Å². The van der Waals surface area contributed by atoms with Gasteiger partial charge in [-0.2, -0.15) is 0 Å². The summed E-state index contributed by atoms with van der Waals surface area (Å²) < 4.78 is 22.4. The lowest BCUT2D eigenvalue weighted by molar-refractivity contribution is 0.302. The van der Waals surface area contributed by atoms with Crippen molar-refractivity contribution in [3.05, 3.63) is 29.8 Å². The Morgan fingerprint density at radius 2 is 1.80 bits per heavy atom. The number of primary sulfonamides is 1. The van der Waals surface area contributed by atoms with Crippen LogP contribution in [0.15, 0.2) is 29.2 Å². The molecule has 3 N–H and O–H groups in total. The molecule has 0 bridgehead atoms. The van der Waals surface area contributed by atoms with Crippen LogP contribution in [-0.4, -0.2) is 15.0 Å². The summed E-state index contributed by atoms with van der Waals surface area (Å²) in [7, 11) is -3.60. The Kier molecular flexibility index (Phi) is 4.52. The van der Waals surface area contributed by atoms with Crippen molar-refractivity contribution in [1.82, 2.24) is 5.32 Å². The first-order valence-corrected chi connectivity index (χ1v) is 8.71. The van der Waals surface area contributed by atoms with Gasteiger partial charge in [-0.15, -0.1) is 0 Å². The molecule has 1 atom stereocenters. The molecular weight excluding hydrogens is 272 g/mol. The Balaban J connectivity index is 1.97. The number of nitrogens with one attached hydrogen (secondary N) is 1. The third kappa shape index (κ3) is 3.81. The summed E-state index contributed by atoms with van der Waals surface area (Å²) in [4.78, 5) is 0.163. The molecular formula is C15H24N2O2S. The largest absolute Gasteiger partial charge is 0.310 e. The first kappa shape index (κ1) is 15.5. The fraction of sp³-hybridized carbons (Fsp3) is 0.600. The molecule has 20 heavy (non-hydrogen) atoms. The predicted octanol–water partition coefficient (Wildman–Crippen LogP) is 2.56. The highest BCUT2D eigenvalue weighted by Gasteiger charge is 2.28. The van der Waals surface area contributed by atoms with Gasteiger partial charge in [0.2, 0.25) is 10.0 Å². The van der Waals surface area contributed by atoms with Crippen molar-refractivity contribution in [1.29, 1.82) is 0 Å². The van der Waals surface area contributed by atoms with Gasteiger partial charge in [0.15, 0.2) is 0 Å². The maximum absolute atomic E-state index is 11.2. The van der Waals surface area contributed by atoms with E-state index in [4.69, 9.17) is 5.14 Å². The summed E-state index contributed by atoms with van der Waals surface area (Å²) in [5.41, 5.74) is 1.49. The molecule has 2 rings (SSSR count). The molecule has 1 aliphatic rings. The lowest BCUT2D eigenvalue weighted by Crippen LogP contribution is -2.31. The number of benzene rings is 1. The van der Waals surface area contributed by atoms with Crippen LogP contribution in [0.3, 0.4) is 0 Å². The van der Waals surface area contributed by atoms with Crippen molar-refractivity contribution in [2.24, 2.45) is 10.6 Å². The quantitative estimate of drug-likeness (QED) is 0.877. The fourth-order valence-corrected chi connectivity index (χ4v) is 3.38. The second-order valence-corrected chi connectivity index (χ2v) is 7.80. The van der Waals surface area contributed by atoms with Crippen molar-refractivity contribution >= 4 is 10.0 Å². The molecule has 1 aliphatic carbocycles. The minimum atomic E-state index is -3.60. The molecule has 0 amide bonds. The van der Waals surface area contributed by atoms with E-state index in [-0.39, 0.29) is 10.9 Å². The van der Waals surface area contributed by atoms with Crippen LogP contribution in [0.2, 0.25) is 0 Å². The Morgan fingerprint density at radius 3 is 2.30 bits per heavy atom. The number of sulfonamides is 1. The van der Waals surface area contributed by atoms with E-state index in [1.165, 1.54) is 25.7 Å². The molecule has 1 unspecified atom stereocenters. The van der Waals surface area contributed by atoms with Crippen molar-refractivity contribution in [3.63, 3.8) is 0 Å². The zero-order valence-corrected chi connectivity index (χ0v) is 13.0. The molecule has 0 radical (unpaired) electrons. The van der Waals surface area contributed by atoms with Crippen LogP contribution in [-0.2, 0) is 10.0 Å². The molecule has 1 aromatic rings. The standard InChI is InChI=1S/C15H24N2O2S/c1-12(17-11-15(2)9-3-4-10-15)13-5-7-14(8-6-13)20(16,18)19/h5-8,12,17H,3-4,9-11H2,1-2H3,(H2,16,18,19). The van der Waals surface area contributed by atoms with Gasteiger partial charge >= 0.3 is 0 Å². The molecule has 1 saturated carbocycles. The van der Waals surface area contributed by atoms with Crippen molar-refractivity contribution < 1.29 is 8.42 Å². The highest BCUT2D eigenvalue weighted by atomic mass is 32.2. The van der Waals surface area contributed by atoms with E-state index in [1.807, 2.05) is 12.1 Å². The third-order valence-corrected chi connectivity index (χ3v) is 5.28. The summed E-state index contributed by atoms with van der Waals surface area (Å²) in [6.45, 7) is 5.44. The molecule has 0 saturated heterocycles. The first-order chi connectivity index (χ1) is 9.30. The lowest BCUT2D eigenvalue weighted by Gasteiger charge is -2.26. The van der Waals surface area contributed by atoms with E-state index in [9.17, 15) is 8.42 Å². The molecule has 4 nitrogen and oxygen atoms in total. The van der Waals surface area contributed by atoms with Gasteiger partial charge < -0.3 is 5.32 Å². The average molecular weight is 296 g/mol. The maximum atomic E-state index is 11.2. The monoisotopic (exact) mass is 296 g/mol. The van der Waals surface area contributed by atoms with Gasteiger partial charge in [-0.3, -0.25) is 0 Å². The highest BCUT2D eigenvalue weighted by molar-refractivity contribution is 7.89. The third-order valence-electron chi connectivity index (χ3n) is 4.35.